The molecule has 0 bridgehead atoms. The number of aromatic nitrogens is 4. The van der Waals surface area contributed by atoms with E-state index in [1.165, 1.54) is 6.08 Å². The highest BCUT2D eigenvalue weighted by Crippen LogP contribution is 2.20. The van der Waals surface area contributed by atoms with E-state index in [0.29, 0.717) is 12.4 Å². The predicted molar refractivity (Wildman–Crippen MR) is 100 cm³/mol. The van der Waals surface area contributed by atoms with E-state index in [0.717, 1.165) is 12.1 Å². The van der Waals surface area contributed by atoms with Gasteiger partial charge in [0.15, 0.2) is 5.82 Å². The van der Waals surface area contributed by atoms with Crippen LogP contribution in [0.25, 0.3) is 0 Å². The number of nitrogens with zero attached hydrogens (tertiary/aromatic N) is 5. The van der Waals surface area contributed by atoms with Crippen molar-refractivity contribution in [2.24, 2.45) is 5.41 Å². The van der Waals surface area contributed by atoms with Crippen molar-refractivity contribution >= 4 is 11.7 Å². The van der Waals surface area contributed by atoms with Crippen LogP contribution in [-0.2, 0) is 23.4 Å². The van der Waals surface area contributed by atoms with E-state index in [2.05, 4.69) is 58.3 Å². The molecule has 0 aliphatic rings. The monoisotopic (exact) mass is 343 g/mol. The fourth-order valence-corrected chi connectivity index (χ4v) is 2.44. The number of hydrogen-bond acceptors (Lipinski definition) is 3. The van der Waals surface area contributed by atoms with E-state index in [-0.39, 0.29) is 16.9 Å². The second-order valence-corrected chi connectivity index (χ2v) is 8.52. The first-order chi connectivity index (χ1) is 11.5. The minimum atomic E-state index is -0.176. The molecule has 2 aromatic heterocycles. The Morgan fingerprint density at radius 3 is 2.48 bits per heavy atom. The molecule has 0 aliphatic carbocycles. The van der Waals surface area contributed by atoms with Crippen molar-refractivity contribution < 1.29 is 4.79 Å². The topological polar surface area (TPSA) is 56.0 Å². The van der Waals surface area contributed by atoms with Gasteiger partial charge in [0.1, 0.15) is 0 Å². The first kappa shape index (κ1) is 19.0. The van der Waals surface area contributed by atoms with Crippen LogP contribution in [0, 0.1) is 5.41 Å². The van der Waals surface area contributed by atoms with Crippen LogP contribution in [0.15, 0.2) is 37.3 Å². The van der Waals surface area contributed by atoms with Gasteiger partial charge < -0.3 is 0 Å². The number of carbonyl (C=O) groups is 1. The van der Waals surface area contributed by atoms with Gasteiger partial charge in [-0.3, -0.25) is 19.1 Å². The Kier molecular flexibility index (Phi) is 5.20. The van der Waals surface area contributed by atoms with Crippen molar-refractivity contribution in [1.82, 2.24) is 19.6 Å². The lowest BCUT2D eigenvalue weighted by molar-refractivity contribution is -0.114. The molecule has 1 amide bonds. The lowest BCUT2D eigenvalue weighted by atomic mass is 9.97. The Morgan fingerprint density at radius 1 is 1.28 bits per heavy atom. The molecular weight excluding hydrogens is 314 g/mol. The second-order valence-electron chi connectivity index (χ2n) is 8.52. The minimum Gasteiger partial charge on any atom is -0.287 e. The number of rotatable bonds is 5. The highest BCUT2D eigenvalue weighted by Gasteiger charge is 2.20. The normalized spacial score (nSPS) is 12.2. The van der Waals surface area contributed by atoms with Crippen LogP contribution in [0.2, 0.25) is 0 Å². The molecule has 0 aromatic carbocycles. The zero-order chi connectivity index (χ0) is 18.8. The lowest BCUT2D eigenvalue weighted by Crippen LogP contribution is -2.29. The zero-order valence-electron chi connectivity index (χ0n) is 16.2. The van der Waals surface area contributed by atoms with Gasteiger partial charge in [0, 0.05) is 30.6 Å². The van der Waals surface area contributed by atoms with Crippen LogP contribution < -0.4 is 4.90 Å². The zero-order valence-corrected chi connectivity index (χ0v) is 16.2. The average Bonchev–Trinajstić information content (AvgIpc) is 3.10. The maximum Gasteiger partial charge on any atom is 0.251 e. The van der Waals surface area contributed by atoms with Crippen molar-refractivity contribution in [2.45, 2.75) is 60.2 Å². The van der Waals surface area contributed by atoms with E-state index in [1.54, 1.807) is 11.1 Å². The Morgan fingerprint density at radius 2 is 1.96 bits per heavy atom. The van der Waals surface area contributed by atoms with Gasteiger partial charge >= 0.3 is 0 Å². The molecule has 0 saturated heterocycles. The molecule has 2 heterocycles. The Hall–Kier alpha value is -2.37. The number of anilines is 1. The summed E-state index contributed by atoms with van der Waals surface area (Å²) in [6.45, 7) is 17.5. The van der Waals surface area contributed by atoms with Gasteiger partial charge in [-0.25, -0.2) is 0 Å². The first-order valence-electron chi connectivity index (χ1n) is 8.51. The largest absolute Gasteiger partial charge is 0.287 e. The molecule has 6 nitrogen and oxygen atoms in total. The fraction of sp³-hybridized carbons (Fsp3) is 0.526. The van der Waals surface area contributed by atoms with Gasteiger partial charge in [0.25, 0.3) is 5.91 Å². The van der Waals surface area contributed by atoms with Crippen molar-refractivity contribution in [1.29, 1.82) is 0 Å². The molecule has 0 radical (unpaired) electrons. The number of amides is 1. The Balaban J connectivity index is 2.24. The summed E-state index contributed by atoms with van der Waals surface area (Å²) in [5.41, 5.74) is 0.972. The van der Waals surface area contributed by atoms with Crippen molar-refractivity contribution in [3.63, 3.8) is 0 Å². The van der Waals surface area contributed by atoms with Crippen LogP contribution in [0.4, 0.5) is 5.82 Å². The molecule has 0 unspecified atom stereocenters. The molecular formula is C19H29N5O. The highest BCUT2D eigenvalue weighted by molar-refractivity contribution is 6.00. The molecule has 2 aromatic rings. The third-order valence-electron chi connectivity index (χ3n) is 3.64. The molecule has 0 atom stereocenters. The van der Waals surface area contributed by atoms with E-state index < -0.39 is 0 Å². The van der Waals surface area contributed by atoms with Crippen LogP contribution in [0.3, 0.4) is 0 Å². The molecule has 2 rings (SSSR count). The standard InChI is InChI=1S/C19H29N5O/c1-8-17(25)23(12-15-11-20-24(13-15)19(5,6)7)16-9-10-22(21-16)14-18(2,3)4/h8-11,13H,1,12,14H2,2-7H3. The Bertz CT molecular complexity index is 742. The summed E-state index contributed by atoms with van der Waals surface area (Å²) in [4.78, 5) is 14.0. The predicted octanol–water partition coefficient (Wildman–Crippen LogP) is 3.60. The molecule has 0 N–H and O–H groups in total. The average molecular weight is 343 g/mol. The molecule has 0 saturated carbocycles. The maximum atomic E-state index is 12.3. The second kappa shape index (κ2) is 6.86. The van der Waals surface area contributed by atoms with Gasteiger partial charge in [-0.05, 0) is 32.3 Å². The molecule has 0 spiro atoms. The lowest BCUT2D eigenvalue weighted by Gasteiger charge is -2.20. The molecule has 0 aliphatic heterocycles. The number of hydrogen-bond donors (Lipinski definition) is 0. The Labute approximate surface area is 150 Å². The SMILES string of the molecule is C=CC(=O)N(Cc1cnn(C(C)(C)C)c1)c1ccn(CC(C)(C)C)n1. The van der Waals surface area contributed by atoms with Gasteiger partial charge in [-0.2, -0.15) is 10.2 Å². The smallest absolute Gasteiger partial charge is 0.251 e. The highest BCUT2D eigenvalue weighted by atomic mass is 16.2. The molecule has 25 heavy (non-hydrogen) atoms. The summed E-state index contributed by atoms with van der Waals surface area (Å²) in [7, 11) is 0. The molecule has 0 fully saturated rings. The quantitative estimate of drug-likeness (QED) is 0.780. The fourth-order valence-electron chi connectivity index (χ4n) is 2.44. The van der Waals surface area contributed by atoms with E-state index >= 15 is 0 Å². The third kappa shape index (κ3) is 5.05. The van der Waals surface area contributed by atoms with E-state index in [1.807, 2.05) is 27.8 Å². The summed E-state index contributed by atoms with van der Waals surface area (Å²) in [5, 5.41) is 8.96. The minimum absolute atomic E-state index is 0.0974. The summed E-state index contributed by atoms with van der Waals surface area (Å²) >= 11 is 0. The molecule has 6 heteroatoms. The van der Waals surface area contributed by atoms with E-state index in [4.69, 9.17) is 0 Å². The van der Waals surface area contributed by atoms with Gasteiger partial charge in [0.2, 0.25) is 0 Å². The van der Waals surface area contributed by atoms with Gasteiger partial charge in [0.05, 0.1) is 18.3 Å². The van der Waals surface area contributed by atoms with Crippen LogP contribution in [-0.4, -0.2) is 25.5 Å². The van der Waals surface area contributed by atoms with Crippen molar-refractivity contribution in [3.05, 3.63) is 42.9 Å². The molecule has 136 valence electrons. The number of carbonyl (C=O) groups excluding carboxylic acids is 1. The third-order valence-corrected chi connectivity index (χ3v) is 3.64. The van der Waals surface area contributed by atoms with Gasteiger partial charge in [-0.1, -0.05) is 27.4 Å². The van der Waals surface area contributed by atoms with Crippen LogP contribution in [0.1, 0.15) is 47.1 Å². The van der Waals surface area contributed by atoms with Gasteiger partial charge in [-0.15, -0.1) is 0 Å². The summed E-state index contributed by atoms with van der Waals surface area (Å²) in [6.07, 6.45) is 6.98. The summed E-state index contributed by atoms with van der Waals surface area (Å²) in [6, 6.07) is 1.86. The van der Waals surface area contributed by atoms with E-state index in [9.17, 15) is 4.79 Å². The van der Waals surface area contributed by atoms with Crippen LogP contribution >= 0.6 is 0 Å². The summed E-state index contributed by atoms with van der Waals surface area (Å²) in [5.74, 6) is 0.446. The maximum absolute atomic E-state index is 12.3. The first-order valence-corrected chi connectivity index (χ1v) is 8.51. The van der Waals surface area contributed by atoms with Crippen LogP contribution in [0.5, 0.6) is 0 Å². The van der Waals surface area contributed by atoms with Crippen molar-refractivity contribution in [2.75, 3.05) is 4.90 Å². The summed E-state index contributed by atoms with van der Waals surface area (Å²) < 4.78 is 3.77. The van der Waals surface area contributed by atoms with Crippen molar-refractivity contribution in [3.8, 4) is 0 Å².